The zero-order chi connectivity index (χ0) is 7.40. The van der Waals surface area contributed by atoms with Gasteiger partial charge in [0.25, 0.3) is 0 Å². The fraction of sp³-hybridized carbons (Fsp3) is 0.125. The molecular weight excluding hydrogens is 148 g/mol. The van der Waals surface area contributed by atoms with Crippen molar-refractivity contribution in [3.63, 3.8) is 0 Å². The second-order valence-corrected chi connectivity index (χ2v) is 2.48. The summed E-state index contributed by atoms with van der Waals surface area (Å²) >= 11 is 5.72. The molecule has 1 aliphatic carbocycles. The molecule has 10 heavy (non-hydrogen) atoms. The lowest BCUT2D eigenvalue weighted by Gasteiger charge is -1.88. The van der Waals surface area contributed by atoms with Gasteiger partial charge in [-0.1, -0.05) is 30.4 Å². The predicted molar refractivity (Wildman–Crippen MR) is 42.1 cm³/mol. The molecule has 1 unspecified atom stereocenters. The van der Waals surface area contributed by atoms with Crippen molar-refractivity contribution in [1.82, 2.24) is 0 Å². The Morgan fingerprint density at radius 3 is 3.00 bits per heavy atom. The minimum atomic E-state index is -0.0892. The monoisotopic (exact) mass is 154 g/mol. The average Bonchev–Trinajstić information content (AvgIpc) is 2.14. The van der Waals surface area contributed by atoms with E-state index in [0.29, 0.717) is 5.57 Å². The maximum atomic E-state index is 10.2. The number of allylic oxidation sites excluding steroid dienone is 6. The van der Waals surface area contributed by atoms with Crippen LogP contribution in [0.25, 0.3) is 0 Å². The van der Waals surface area contributed by atoms with Gasteiger partial charge in [-0.05, 0) is 0 Å². The van der Waals surface area contributed by atoms with Crippen LogP contribution in [0.15, 0.2) is 36.0 Å². The Morgan fingerprint density at radius 1 is 1.50 bits per heavy atom. The third-order valence-corrected chi connectivity index (χ3v) is 1.48. The smallest absolute Gasteiger partial charge is 0.150 e. The van der Waals surface area contributed by atoms with Gasteiger partial charge in [-0.25, -0.2) is 0 Å². The molecule has 0 aliphatic heterocycles. The summed E-state index contributed by atoms with van der Waals surface area (Å²) in [7, 11) is 0. The van der Waals surface area contributed by atoms with Gasteiger partial charge in [-0.15, -0.1) is 11.6 Å². The van der Waals surface area contributed by atoms with Crippen LogP contribution in [0.1, 0.15) is 0 Å². The molecule has 0 fully saturated rings. The van der Waals surface area contributed by atoms with E-state index in [-0.39, 0.29) is 5.38 Å². The topological polar surface area (TPSA) is 17.1 Å². The normalized spacial score (nSPS) is 23.7. The van der Waals surface area contributed by atoms with E-state index in [4.69, 9.17) is 11.6 Å². The minimum absolute atomic E-state index is 0.0892. The first-order valence-corrected chi connectivity index (χ1v) is 3.42. The number of aldehydes is 1. The lowest BCUT2D eigenvalue weighted by molar-refractivity contribution is -0.104. The van der Waals surface area contributed by atoms with Gasteiger partial charge < -0.3 is 0 Å². The van der Waals surface area contributed by atoms with Crippen molar-refractivity contribution in [1.29, 1.82) is 0 Å². The first-order chi connectivity index (χ1) is 4.83. The average molecular weight is 155 g/mol. The van der Waals surface area contributed by atoms with Gasteiger partial charge in [0.1, 0.15) is 6.29 Å². The lowest BCUT2D eigenvalue weighted by Crippen LogP contribution is -1.83. The number of carbonyl (C=O) groups is 1. The third kappa shape index (κ3) is 1.85. The number of hydrogen-bond acceptors (Lipinski definition) is 1. The molecule has 0 spiro atoms. The molecule has 0 radical (unpaired) electrons. The van der Waals surface area contributed by atoms with Crippen molar-refractivity contribution in [3.05, 3.63) is 36.0 Å². The van der Waals surface area contributed by atoms with Gasteiger partial charge in [0, 0.05) is 5.57 Å². The van der Waals surface area contributed by atoms with Crippen molar-refractivity contribution in [2.45, 2.75) is 5.38 Å². The van der Waals surface area contributed by atoms with E-state index >= 15 is 0 Å². The van der Waals surface area contributed by atoms with Crippen LogP contribution in [0.3, 0.4) is 0 Å². The first kappa shape index (κ1) is 7.29. The van der Waals surface area contributed by atoms with Crippen LogP contribution in [0.5, 0.6) is 0 Å². The zero-order valence-electron chi connectivity index (χ0n) is 5.33. The highest BCUT2D eigenvalue weighted by Gasteiger charge is 1.96. The highest BCUT2D eigenvalue weighted by Crippen LogP contribution is 2.07. The minimum Gasteiger partial charge on any atom is -0.298 e. The van der Waals surface area contributed by atoms with Gasteiger partial charge in [0.2, 0.25) is 0 Å². The summed E-state index contributed by atoms with van der Waals surface area (Å²) in [5.74, 6) is 0. The Bertz CT molecular complexity index is 213. The van der Waals surface area contributed by atoms with Crippen LogP contribution in [-0.4, -0.2) is 11.7 Å². The summed E-state index contributed by atoms with van der Waals surface area (Å²) in [6.45, 7) is 0. The summed E-state index contributed by atoms with van der Waals surface area (Å²) < 4.78 is 0. The van der Waals surface area contributed by atoms with Crippen molar-refractivity contribution in [2.75, 3.05) is 0 Å². The molecule has 52 valence electrons. The molecule has 0 saturated heterocycles. The van der Waals surface area contributed by atoms with Crippen molar-refractivity contribution in [2.24, 2.45) is 0 Å². The number of alkyl halides is 1. The molecule has 1 rings (SSSR count). The molecule has 1 atom stereocenters. The largest absolute Gasteiger partial charge is 0.298 e. The van der Waals surface area contributed by atoms with Crippen LogP contribution in [0.4, 0.5) is 0 Å². The van der Waals surface area contributed by atoms with Crippen LogP contribution in [-0.2, 0) is 4.79 Å². The molecule has 0 aromatic heterocycles. The van der Waals surface area contributed by atoms with Gasteiger partial charge in [-0.3, -0.25) is 4.79 Å². The molecule has 0 saturated carbocycles. The third-order valence-electron chi connectivity index (χ3n) is 1.19. The Labute approximate surface area is 64.7 Å². The predicted octanol–water partition coefficient (Wildman–Crippen LogP) is 1.85. The second kappa shape index (κ2) is 3.37. The molecule has 2 heteroatoms. The Hall–Kier alpha value is -0.820. The van der Waals surface area contributed by atoms with Crippen LogP contribution >= 0.6 is 11.6 Å². The Morgan fingerprint density at radius 2 is 2.30 bits per heavy atom. The fourth-order valence-electron chi connectivity index (χ4n) is 0.674. The molecule has 0 heterocycles. The Balaban J connectivity index is 2.80. The van der Waals surface area contributed by atoms with Crippen LogP contribution < -0.4 is 0 Å². The Kier molecular flexibility index (Phi) is 2.46. The van der Waals surface area contributed by atoms with E-state index in [1.807, 2.05) is 6.08 Å². The maximum absolute atomic E-state index is 10.2. The molecule has 0 bridgehead atoms. The SMILES string of the molecule is O=CC1=CC=CC(Cl)C=C1. The molecular formula is C8H7ClO. The highest BCUT2D eigenvalue weighted by atomic mass is 35.5. The van der Waals surface area contributed by atoms with Gasteiger partial charge >= 0.3 is 0 Å². The van der Waals surface area contributed by atoms with Crippen molar-refractivity contribution in [3.8, 4) is 0 Å². The van der Waals surface area contributed by atoms with Crippen LogP contribution in [0, 0.1) is 0 Å². The lowest BCUT2D eigenvalue weighted by atomic mass is 10.2. The molecule has 0 aromatic carbocycles. The number of carbonyl (C=O) groups excluding carboxylic acids is 1. The van der Waals surface area contributed by atoms with E-state index in [2.05, 4.69) is 0 Å². The van der Waals surface area contributed by atoms with Gasteiger partial charge in [0.15, 0.2) is 0 Å². The second-order valence-electron chi connectivity index (χ2n) is 1.97. The quantitative estimate of drug-likeness (QED) is 0.416. The highest BCUT2D eigenvalue weighted by molar-refractivity contribution is 6.23. The number of hydrogen-bond donors (Lipinski definition) is 0. The van der Waals surface area contributed by atoms with Crippen LogP contribution in [0.2, 0.25) is 0 Å². The number of halogens is 1. The molecule has 0 amide bonds. The van der Waals surface area contributed by atoms with E-state index in [9.17, 15) is 4.79 Å². The van der Waals surface area contributed by atoms with Crippen molar-refractivity contribution >= 4 is 17.9 Å². The van der Waals surface area contributed by atoms with Crippen molar-refractivity contribution < 1.29 is 4.79 Å². The van der Waals surface area contributed by atoms with E-state index < -0.39 is 0 Å². The fourth-order valence-corrected chi connectivity index (χ4v) is 0.831. The zero-order valence-corrected chi connectivity index (χ0v) is 6.08. The summed E-state index contributed by atoms with van der Waals surface area (Å²) in [5.41, 5.74) is 0.652. The standard InChI is InChI=1S/C8H7ClO/c9-8-3-1-2-7(6-10)4-5-8/h1-6,8H. The first-order valence-electron chi connectivity index (χ1n) is 2.99. The summed E-state index contributed by atoms with van der Waals surface area (Å²) in [5, 5.41) is -0.0892. The van der Waals surface area contributed by atoms with E-state index in [0.717, 1.165) is 6.29 Å². The maximum Gasteiger partial charge on any atom is 0.150 e. The van der Waals surface area contributed by atoms with Gasteiger partial charge in [-0.2, -0.15) is 0 Å². The number of rotatable bonds is 1. The summed E-state index contributed by atoms with van der Waals surface area (Å²) in [6, 6.07) is 0. The molecule has 0 N–H and O–H groups in total. The summed E-state index contributed by atoms with van der Waals surface area (Å²) in [6.07, 6.45) is 9.60. The molecule has 1 aliphatic rings. The molecule has 1 nitrogen and oxygen atoms in total. The van der Waals surface area contributed by atoms with Gasteiger partial charge in [0.05, 0.1) is 5.38 Å². The molecule has 0 aromatic rings. The van der Waals surface area contributed by atoms with E-state index in [1.54, 1.807) is 24.3 Å². The van der Waals surface area contributed by atoms with E-state index in [1.165, 1.54) is 0 Å². The summed E-state index contributed by atoms with van der Waals surface area (Å²) in [4.78, 5) is 10.2.